The van der Waals surface area contributed by atoms with Gasteiger partial charge in [0.05, 0.1) is 5.84 Å². The van der Waals surface area contributed by atoms with Crippen LogP contribution >= 0.6 is 0 Å². The Labute approximate surface area is 110 Å². The smallest absolute Gasteiger partial charge is 0.0971 e. The molecular formula is C16H24N2. The third kappa shape index (κ3) is 3.86. The van der Waals surface area contributed by atoms with E-state index in [9.17, 15) is 0 Å². The van der Waals surface area contributed by atoms with Gasteiger partial charge < -0.3 is 5.73 Å². The van der Waals surface area contributed by atoms with Crippen molar-refractivity contribution in [3.8, 4) is 0 Å². The van der Waals surface area contributed by atoms with E-state index in [4.69, 9.17) is 5.73 Å². The second-order valence-electron chi connectivity index (χ2n) is 5.41. The fourth-order valence-corrected chi connectivity index (χ4v) is 2.67. The molecule has 2 rings (SSSR count). The number of nitrogens with two attached hydrogens (primary N) is 1. The van der Waals surface area contributed by atoms with Gasteiger partial charge in [0.2, 0.25) is 0 Å². The van der Waals surface area contributed by atoms with E-state index in [1.165, 1.54) is 31.2 Å². The van der Waals surface area contributed by atoms with Crippen LogP contribution in [0.1, 0.15) is 44.6 Å². The van der Waals surface area contributed by atoms with Gasteiger partial charge in [0.1, 0.15) is 0 Å². The van der Waals surface area contributed by atoms with Gasteiger partial charge in [-0.1, -0.05) is 43.2 Å². The van der Waals surface area contributed by atoms with Gasteiger partial charge >= 0.3 is 0 Å². The van der Waals surface area contributed by atoms with E-state index >= 15 is 0 Å². The lowest BCUT2D eigenvalue weighted by atomic mass is 10.1. The van der Waals surface area contributed by atoms with Crippen molar-refractivity contribution in [2.45, 2.75) is 51.5 Å². The highest BCUT2D eigenvalue weighted by molar-refractivity contribution is 5.83. The highest BCUT2D eigenvalue weighted by atomic mass is 14.9. The van der Waals surface area contributed by atoms with Crippen LogP contribution in [0, 0.1) is 5.92 Å². The van der Waals surface area contributed by atoms with Gasteiger partial charge in [-0.25, -0.2) is 0 Å². The average molecular weight is 244 g/mol. The maximum Gasteiger partial charge on any atom is 0.0971 e. The van der Waals surface area contributed by atoms with E-state index in [0.717, 1.165) is 18.7 Å². The summed E-state index contributed by atoms with van der Waals surface area (Å²) in [7, 11) is 0. The number of rotatable bonds is 5. The molecule has 1 unspecified atom stereocenters. The molecule has 0 radical (unpaired) electrons. The number of aliphatic imine (C=N–C) groups is 1. The largest absolute Gasteiger partial charge is 0.387 e. The Morgan fingerprint density at radius 3 is 2.61 bits per heavy atom. The minimum atomic E-state index is 0.339. The predicted octanol–water partition coefficient (Wildman–Crippen LogP) is 3.56. The topological polar surface area (TPSA) is 38.4 Å². The zero-order valence-corrected chi connectivity index (χ0v) is 11.3. The van der Waals surface area contributed by atoms with Crippen LogP contribution in [0.4, 0.5) is 0 Å². The Morgan fingerprint density at radius 1 is 1.28 bits per heavy atom. The Morgan fingerprint density at radius 2 is 1.94 bits per heavy atom. The summed E-state index contributed by atoms with van der Waals surface area (Å²) < 4.78 is 0. The minimum absolute atomic E-state index is 0.339. The second kappa shape index (κ2) is 6.58. The van der Waals surface area contributed by atoms with Crippen molar-refractivity contribution in [1.29, 1.82) is 0 Å². The van der Waals surface area contributed by atoms with E-state index in [0.29, 0.717) is 12.0 Å². The zero-order valence-electron chi connectivity index (χ0n) is 11.3. The van der Waals surface area contributed by atoms with Crippen LogP contribution in [0.3, 0.4) is 0 Å². The number of hydrogen-bond acceptors (Lipinski definition) is 1. The van der Waals surface area contributed by atoms with Crippen molar-refractivity contribution >= 4 is 5.84 Å². The van der Waals surface area contributed by atoms with Crippen LogP contribution in [0.15, 0.2) is 35.3 Å². The molecule has 18 heavy (non-hydrogen) atoms. The summed E-state index contributed by atoms with van der Waals surface area (Å²) in [5, 5.41) is 0. The lowest BCUT2D eigenvalue weighted by molar-refractivity contribution is 0.645. The molecule has 1 saturated carbocycles. The van der Waals surface area contributed by atoms with Crippen LogP contribution in [0.2, 0.25) is 0 Å². The monoisotopic (exact) mass is 244 g/mol. The van der Waals surface area contributed by atoms with E-state index < -0.39 is 0 Å². The quantitative estimate of drug-likeness (QED) is 0.624. The number of nitrogens with zero attached hydrogens (tertiary/aromatic N) is 1. The standard InChI is InChI=1S/C16H24N2/c1-13(11-12-14-7-3-2-4-8-14)18-16(17)15-9-5-6-10-15/h2-4,7-8,13,15H,5-6,9-12H2,1H3,(H2,17,18). The first-order chi connectivity index (χ1) is 8.75. The van der Waals surface area contributed by atoms with Gasteiger partial charge in [0.15, 0.2) is 0 Å². The second-order valence-corrected chi connectivity index (χ2v) is 5.41. The van der Waals surface area contributed by atoms with Crippen molar-refractivity contribution < 1.29 is 0 Å². The van der Waals surface area contributed by atoms with E-state index in [1.807, 2.05) is 0 Å². The average Bonchev–Trinajstić information content (AvgIpc) is 2.91. The SMILES string of the molecule is CC(CCc1ccccc1)N=C(N)C1CCCC1. The van der Waals surface area contributed by atoms with Gasteiger partial charge in [0, 0.05) is 12.0 Å². The Kier molecular flexibility index (Phi) is 4.80. The molecule has 0 aliphatic heterocycles. The molecule has 0 bridgehead atoms. The summed E-state index contributed by atoms with van der Waals surface area (Å²) >= 11 is 0. The third-order valence-corrected chi connectivity index (χ3v) is 3.84. The number of amidine groups is 1. The summed E-state index contributed by atoms with van der Waals surface area (Å²) in [6.07, 6.45) is 7.28. The lowest BCUT2D eigenvalue weighted by Crippen LogP contribution is -2.23. The number of benzene rings is 1. The van der Waals surface area contributed by atoms with E-state index in [-0.39, 0.29) is 0 Å². The molecule has 98 valence electrons. The minimum Gasteiger partial charge on any atom is -0.387 e. The first kappa shape index (κ1) is 13.1. The van der Waals surface area contributed by atoms with Crippen molar-refractivity contribution in [3.63, 3.8) is 0 Å². The van der Waals surface area contributed by atoms with Crippen molar-refractivity contribution in [1.82, 2.24) is 0 Å². The first-order valence-corrected chi connectivity index (χ1v) is 7.13. The molecule has 0 saturated heterocycles. The Balaban J connectivity index is 1.80. The van der Waals surface area contributed by atoms with Crippen LogP contribution in [0.5, 0.6) is 0 Å². The summed E-state index contributed by atoms with van der Waals surface area (Å²) in [5.74, 6) is 1.46. The third-order valence-electron chi connectivity index (χ3n) is 3.84. The van der Waals surface area contributed by atoms with Gasteiger partial charge in [-0.05, 0) is 38.2 Å². The molecule has 1 fully saturated rings. The molecule has 0 aromatic heterocycles. The van der Waals surface area contributed by atoms with Crippen molar-refractivity contribution in [2.75, 3.05) is 0 Å². The van der Waals surface area contributed by atoms with Gasteiger partial charge in [-0.3, -0.25) is 4.99 Å². The molecule has 2 nitrogen and oxygen atoms in total. The first-order valence-electron chi connectivity index (χ1n) is 7.13. The molecule has 2 heteroatoms. The molecule has 2 N–H and O–H groups in total. The van der Waals surface area contributed by atoms with Crippen LogP contribution in [-0.2, 0) is 6.42 Å². The fourth-order valence-electron chi connectivity index (χ4n) is 2.67. The van der Waals surface area contributed by atoms with E-state index in [2.05, 4.69) is 42.2 Å². The molecule has 0 heterocycles. The number of hydrogen-bond donors (Lipinski definition) is 1. The maximum atomic E-state index is 6.10. The van der Waals surface area contributed by atoms with Crippen LogP contribution in [-0.4, -0.2) is 11.9 Å². The summed E-state index contributed by atoms with van der Waals surface area (Å²) in [4.78, 5) is 4.67. The Bertz CT molecular complexity index is 377. The molecule has 0 amide bonds. The van der Waals surface area contributed by atoms with Crippen LogP contribution in [0.25, 0.3) is 0 Å². The maximum absolute atomic E-state index is 6.10. The zero-order chi connectivity index (χ0) is 12.8. The molecule has 1 aliphatic carbocycles. The normalized spacial score (nSPS) is 19.1. The molecule has 1 aromatic rings. The molecular weight excluding hydrogens is 220 g/mol. The number of aryl methyl sites for hydroxylation is 1. The van der Waals surface area contributed by atoms with Gasteiger partial charge in [-0.15, -0.1) is 0 Å². The summed E-state index contributed by atoms with van der Waals surface area (Å²) in [5.41, 5.74) is 7.49. The van der Waals surface area contributed by atoms with Crippen LogP contribution < -0.4 is 5.73 Å². The van der Waals surface area contributed by atoms with Crippen molar-refractivity contribution in [3.05, 3.63) is 35.9 Å². The predicted molar refractivity (Wildman–Crippen MR) is 77.8 cm³/mol. The van der Waals surface area contributed by atoms with Gasteiger partial charge in [-0.2, -0.15) is 0 Å². The van der Waals surface area contributed by atoms with Crippen molar-refractivity contribution in [2.24, 2.45) is 16.6 Å². The fraction of sp³-hybridized carbons (Fsp3) is 0.562. The molecule has 1 aromatic carbocycles. The highest BCUT2D eigenvalue weighted by Crippen LogP contribution is 2.25. The van der Waals surface area contributed by atoms with E-state index in [1.54, 1.807) is 0 Å². The molecule has 0 spiro atoms. The Hall–Kier alpha value is -1.31. The molecule has 1 atom stereocenters. The highest BCUT2D eigenvalue weighted by Gasteiger charge is 2.18. The lowest BCUT2D eigenvalue weighted by Gasteiger charge is -2.12. The molecule has 1 aliphatic rings. The van der Waals surface area contributed by atoms with Gasteiger partial charge in [0.25, 0.3) is 0 Å². The summed E-state index contributed by atoms with van der Waals surface area (Å²) in [6.45, 7) is 2.17. The summed E-state index contributed by atoms with van der Waals surface area (Å²) in [6, 6.07) is 10.9.